The first-order valence-electron chi connectivity index (χ1n) is 21.8. The summed E-state index contributed by atoms with van der Waals surface area (Å²) in [6.07, 6.45) is 2.16. The lowest BCUT2D eigenvalue weighted by molar-refractivity contribution is 0.0682. The van der Waals surface area contributed by atoms with Gasteiger partial charge in [0.25, 0.3) is 11.8 Å². The van der Waals surface area contributed by atoms with Gasteiger partial charge in [-0.2, -0.15) is 0 Å². The quantitative estimate of drug-likeness (QED) is 0.0508. The van der Waals surface area contributed by atoms with Gasteiger partial charge < -0.3 is 39.9 Å². The van der Waals surface area contributed by atoms with Crippen LogP contribution in [0.15, 0.2) is 135 Å². The summed E-state index contributed by atoms with van der Waals surface area (Å²) in [5.41, 5.74) is 3.62. The smallest absolute Gasteiger partial charge is 0.336 e. The van der Waals surface area contributed by atoms with Crippen molar-refractivity contribution in [2.75, 3.05) is 14.1 Å². The highest BCUT2D eigenvalue weighted by Crippen LogP contribution is 2.44. The zero-order valence-electron chi connectivity index (χ0n) is 37.6. The first kappa shape index (κ1) is 45.7. The van der Waals surface area contributed by atoms with Gasteiger partial charge in [-0.15, -0.1) is 0 Å². The van der Waals surface area contributed by atoms with Crippen LogP contribution in [0.1, 0.15) is 75.5 Å². The molecule has 0 bridgehead atoms. The molecule has 4 aliphatic rings. The molecule has 2 amide bonds. The van der Waals surface area contributed by atoms with Gasteiger partial charge in [-0.25, -0.2) is 19.0 Å². The van der Waals surface area contributed by atoms with E-state index in [9.17, 15) is 49.2 Å². The molecule has 0 radical (unpaired) electrons. The van der Waals surface area contributed by atoms with E-state index in [4.69, 9.17) is 8.83 Å². The van der Waals surface area contributed by atoms with Crippen LogP contribution in [0.2, 0.25) is 0 Å². The van der Waals surface area contributed by atoms with Crippen molar-refractivity contribution < 1.29 is 53.2 Å². The van der Waals surface area contributed by atoms with Crippen LogP contribution in [0.3, 0.4) is 0 Å². The van der Waals surface area contributed by atoms with E-state index >= 15 is 0 Å². The third-order valence-corrected chi connectivity index (χ3v) is 12.1. The number of nitrogens with zero attached hydrogens (tertiary/aromatic N) is 2. The average molecular weight is 938 g/mol. The number of carbonyl (C=O) groups excluding carboxylic acids is 2. The molecule has 0 spiro atoms. The Hall–Kier alpha value is -9.44. The molecule has 1 aromatic heterocycles. The predicted molar refractivity (Wildman–Crippen MR) is 258 cm³/mol. The van der Waals surface area contributed by atoms with Crippen LogP contribution in [-0.4, -0.2) is 69.2 Å². The van der Waals surface area contributed by atoms with E-state index in [2.05, 4.69) is 15.6 Å². The Bertz CT molecular complexity index is 3740. The Morgan fingerprint density at radius 2 is 1.21 bits per heavy atom. The number of aromatic nitrogens is 1. The van der Waals surface area contributed by atoms with E-state index in [-0.39, 0.29) is 80.4 Å². The molecular weight excluding hydrogens is 897 g/mol. The molecule has 0 unspecified atom stereocenters. The largest absolute Gasteiger partial charge is 0.508 e. The van der Waals surface area contributed by atoms with Crippen molar-refractivity contribution in [1.82, 2.24) is 20.2 Å². The molecule has 5 aromatic rings. The maximum atomic E-state index is 13.5. The topological polar surface area (TPSA) is 250 Å². The molecule has 0 saturated heterocycles. The molecule has 0 atom stereocenters. The number of hydrogen-bond donors (Lipinski definition) is 6. The van der Waals surface area contributed by atoms with E-state index in [0.717, 1.165) is 28.8 Å². The Labute approximate surface area is 396 Å². The maximum Gasteiger partial charge on any atom is 0.336 e. The second-order valence-corrected chi connectivity index (χ2v) is 16.7. The number of nitrogens with one attached hydrogen (secondary N) is 2. The lowest BCUT2D eigenvalue weighted by Crippen LogP contribution is -2.27. The van der Waals surface area contributed by atoms with Gasteiger partial charge in [0, 0.05) is 63.5 Å². The minimum absolute atomic E-state index is 0.0000569. The molecule has 9 rings (SSSR count). The number of benzene rings is 6. The maximum absolute atomic E-state index is 13.5. The number of carbonyl (C=O) groups is 5. The standard InChI is InChI=1S/C54H40N4O12/c1-4-27-5-11-35-44(19-27)69-45-22-31(58(2)3)9-14-36(45)47(35)33-12-7-29(20-39(33)53(65)66)50(61)56-25-28-6-17-42(55-24-28)51(62)57-26-41-43(60)18-16-38-48(37-15-10-32(59)23-46(37)70-49(38)41)34-13-8-30(52(63)64)21-40(34)54(67)68/h5-24H,4,25-26H2,1-3H3,(H5-,56,57,59,60,61,62,63,64,65,66,67,68)/p+1. The van der Waals surface area contributed by atoms with Crippen molar-refractivity contribution in [3.63, 3.8) is 0 Å². The number of phenols is 1. The Morgan fingerprint density at radius 1 is 0.600 bits per heavy atom. The van der Waals surface area contributed by atoms with Gasteiger partial charge in [0.1, 0.15) is 48.2 Å². The van der Waals surface area contributed by atoms with Gasteiger partial charge in [0.2, 0.25) is 5.36 Å². The van der Waals surface area contributed by atoms with E-state index in [1.807, 2.05) is 62.0 Å². The number of hydrogen-bond acceptors (Lipinski definition) is 10. The van der Waals surface area contributed by atoms with Gasteiger partial charge in [0.05, 0.1) is 34.9 Å². The number of amides is 2. The molecule has 2 aliphatic heterocycles. The number of aromatic hydroxyl groups is 1. The Kier molecular flexibility index (Phi) is 12.0. The monoisotopic (exact) mass is 937 g/mol. The molecule has 348 valence electrons. The zero-order valence-corrected chi connectivity index (χ0v) is 37.6. The highest BCUT2D eigenvalue weighted by molar-refractivity contribution is 6.10. The second-order valence-electron chi connectivity index (χ2n) is 16.7. The highest BCUT2D eigenvalue weighted by Gasteiger charge is 2.27. The lowest BCUT2D eigenvalue weighted by atomic mass is 9.88. The number of rotatable bonds is 12. The molecule has 4 aromatic carbocycles. The number of aryl methyl sites for hydroxylation is 1. The molecule has 0 saturated carbocycles. The van der Waals surface area contributed by atoms with Crippen LogP contribution >= 0.6 is 0 Å². The number of fused-ring (bicyclic) bond motifs is 4. The van der Waals surface area contributed by atoms with Crippen molar-refractivity contribution >= 4 is 51.7 Å². The summed E-state index contributed by atoms with van der Waals surface area (Å²) in [7, 11) is 3.83. The first-order chi connectivity index (χ1) is 33.6. The second kappa shape index (κ2) is 18.3. The normalized spacial score (nSPS) is 11.2. The van der Waals surface area contributed by atoms with Gasteiger partial charge in [-0.3, -0.25) is 19.4 Å². The van der Waals surface area contributed by atoms with Crippen LogP contribution in [0, 0.1) is 0 Å². The summed E-state index contributed by atoms with van der Waals surface area (Å²) in [5, 5.41) is 48.0. The minimum Gasteiger partial charge on any atom is -0.508 e. The molecule has 16 nitrogen and oxygen atoms in total. The van der Waals surface area contributed by atoms with Crippen LogP contribution in [-0.2, 0) is 19.5 Å². The number of carboxylic acid groups (broad SMARTS) is 3. The summed E-state index contributed by atoms with van der Waals surface area (Å²) in [4.78, 5) is 81.6. The minimum atomic E-state index is -1.40. The van der Waals surface area contributed by atoms with Gasteiger partial charge in [-0.1, -0.05) is 37.3 Å². The lowest BCUT2D eigenvalue weighted by Gasteiger charge is -2.19. The summed E-state index contributed by atoms with van der Waals surface area (Å²) in [6, 6.07) is 29.6. The average Bonchev–Trinajstić information content (AvgIpc) is 3.35. The van der Waals surface area contributed by atoms with E-state index in [1.165, 1.54) is 60.8 Å². The fourth-order valence-corrected chi connectivity index (χ4v) is 8.51. The van der Waals surface area contributed by atoms with E-state index < -0.39 is 35.2 Å². The molecule has 0 fully saturated rings. The van der Waals surface area contributed by atoms with E-state index in [1.54, 1.807) is 18.2 Å². The van der Waals surface area contributed by atoms with Crippen molar-refractivity contribution in [1.29, 1.82) is 0 Å². The molecule has 6 N–H and O–H groups in total. The van der Waals surface area contributed by atoms with Crippen LogP contribution in [0.5, 0.6) is 5.75 Å². The van der Waals surface area contributed by atoms with Crippen molar-refractivity contribution in [2.24, 2.45) is 0 Å². The fraction of sp³-hybridized carbons (Fsp3) is 0.111. The Morgan fingerprint density at radius 3 is 1.87 bits per heavy atom. The highest BCUT2D eigenvalue weighted by atomic mass is 16.4. The third-order valence-electron chi connectivity index (χ3n) is 12.1. The number of carboxylic acids is 3. The molecule has 70 heavy (non-hydrogen) atoms. The molecular formula is C54H41N4O12+. The Balaban J connectivity index is 0.938. The summed E-state index contributed by atoms with van der Waals surface area (Å²) < 4.78 is 14.5. The predicted octanol–water partition coefficient (Wildman–Crippen LogP) is 7.73. The van der Waals surface area contributed by atoms with Crippen LogP contribution in [0.25, 0.3) is 66.8 Å². The number of aromatic carboxylic acids is 3. The van der Waals surface area contributed by atoms with Gasteiger partial charge in [0.15, 0.2) is 5.43 Å². The SMILES string of the molecule is CCc1ccc2c(-c3ccc(C(=O)NCc4ccc(C(=O)NCc5c6oc7cc(O)ccc7c(-c7ccc(C(=O)O)cc7C(=O)O)c-6ccc5=O)nc4)cc3C(=O)O)c3ccc(=[N+](C)C)cc-3oc2c1. The van der Waals surface area contributed by atoms with Crippen molar-refractivity contribution in [2.45, 2.75) is 26.4 Å². The van der Waals surface area contributed by atoms with Crippen molar-refractivity contribution in [3.05, 3.63) is 182 Å². The fourth-order valence-electron chi connectivity index (χ4n) is 8.51. The molecule has 16 heteroatoms. The van der Waals surface area contributed by atoms with Gasteiger partial charge in [-0.05, 0) is 95.4 Å². The third kappa shape index (κ3) is 8.56. The first-order valence-corrected chi connectivity index (χ1v) is 21.8. The van der Waals surface area contributed by atoms with Crippen molar-refractivity contribution in [3.8, 4) is 50.7 Å². The summed E-state index contributed by atoms with van der Waals surface area (Å²) in [5.74, 6) is -4.78. The molecule has 2 aliphatic carbocycles. The van der Waals surface area contributed by atoms with Gasteiger partial charge >= 0.3 is 17.9 Å². The number of phenolic OH excluding ortho intramolecular Hbond substituents is 1. The zero-order chi connectivity index (χ0) is 49.5. The molecule has 3 heterocycles. The van der Waals surface area contributed by atoms with Crippen LogP contribution < -0.4 is 26.0 Å². The van der Waals surface area contributed by atoms with E-state index in [0.29, 0.717) is 39.0 Å². The summed E-state index contributed by atoms with van der Waals surface area (Å²) in [6.45, 7) is 1.66. The summed E-state index contributed by atoms with van der Waals surface area (Å²) >= 11 is 0. The van der Waals surface area contributed by atoms with Crippen LogP contribution in [0.4, 0.5) is 0 Å². The number of pyridine rings is 1.